The van der Waals surface area contributed by atoms with Crippen LogP contribution in [-0.4, -0.2) is 22.5 Å². The molecule has 0 saturated heterocycles. The SMILES string of the molecule is CCOc1cc(C=Nn2c(C3CCCCC3)nc3ccccc3c2=O)ccc1OCc1ccccc1. The number of ether oxygens (including phenoxy) is 2. The smallest absolute Gasteiger partial charge is 0.282 e. The molecule has 0 spiro atoms. The largest absolute Gasteiger partial charge is 0.490 e. The zero-order valence-electron chi connectivity index (χ0n) is 20.6. The van der Waals surface area contributed by atoms with E-state index in [9.17, 15) is 4.79 Å². The molecule has 5 rings (SSSR count). The van der Waals surface area contributed by atoms with Gasteiger partial charge in [-0.3, -0.25) is 4.79 Å². The van der Waals surface area contributed by atoms with E-state index in [1.165, 1.54) is 11.1 Å². The summed E-state index contributed by atoms with van der Waals surface area (Å²) in [4.78, 5) is 18.3. The van der Waals surface area contributed by atoms with Crippen molar-refractivity contribution in [3.63, 3.8) is 0 Å². The highest BCUT2D eigenvalue weighted by molar-refractivity contribution is 5.81. The molecule has 1 aliphatic rings. The molecule has 0 aliphatic heterocycles. The van der Waals surface area contributed by atoms with Gasteiger partial charge in [0.15, 0.2) is 11.5 Å². The molecule has 1 aliphatic carbocycles. The van der Waals surface area contributed by atoms with E-state index in [0.717, 1.165) is 48.2 Å². The molecular formula is C30H31N3O3. The summed E-state index contributed by atoms with van der Waals surface area (Å²) in [6.45, 7) is 2.91. The van der Waals surface area contributed by atoms with E-state index in [1.54, 1.807) is 6.21 Å². The minimum Gasteiger partial charge on any atom is -0.490 e. The van der Waals surface area contributed by atoms with Crippen LogP contribution in [-0.2, 0) is 6.61 Å². The molecule has 1 fully saturated rings. The van der Waals surface area contributed by atoms with Gasteiger partial charge < -0.3 is 9.47 Å². The lowest BCUT2D eigenvalue weighted by Crippen LogP contribution is -2.25. The van der Waals surface area contributed by atoms with Crippen LogP contribution < -0.4 is 15.0 Å². The Morgan fingerprint density at radius 3 is 2.53 bits per heavy atom. The van der Waals surface area contributed by atoms with Gasteiger partial charge in [-0.2, -0.15) is 9.78 Å². The quantitative estimate of drug-likeness (QED) is 0.277. The van der Waals surface area contributed by atoms with Crippen LogP contribution in [0, 0.1) is 0 Å². The number of rotatable bonds is 8. The first-order chi connectivity index (χ1) is 17.7. The Balaban J connectivity index is 1.46. The average molecular weight is 482 g/mol. The van der Waals surface area contributed by atoms with Gasteiger partial charge in [-0.05, 0) is 61.2 Å². The van der Waals surface area contributed by atoms with Crippen molar-refractivity contribution in [3.05, 3.63) is 100 Å². The molecule has 0 atom stereocenters. The molecule has 6 heteroatoms. The summed E-state index contributed by atoms with van der Waals surface area (Å²) in [6, 6.07) is 23.2. The van der Waals surface area contributed by atoms with Crippen LogP contribution in [0.3, 0.4) is 0 Å². The highest BCUT2D eigenvalue weighted by atomic mass is 16.5. The van der Waals surface area contributed by atoms with Crippen LogP contribution in [0.15, 0.2) is 82.7 Å². The molecule has 184 valence electrons. The predicted octanol–water partition coefficient (Wildman–Crippen LogP) is 6.30. The Morgan fingerprint density at radius 2 is 1.72 bits per heavy atom. The summed E-state index contributed by atoms with van der Waals surface area (Å²) in [5, 5.41) is 5.22. The molecule has 3 aromatic carbocycles. The van der Waals surface area contributed by atoms with Gasteiger partial charge in [-0.1, -0.05) is 61.7 Å². The first-order valence-corrected chi connectivity index (χ1v) is 12.7. The van der Waals surface area contributed by atoms with Gasteiger partial charge in [0, 0.05) is 5.92 Å². The molecule has 1 saturated carbocycles. The van der Waals surface area contributed by atoms with E-state index in [2.05, 4.69) is 5.10 Å². The molecule has 4 aromatic rings. The number of fused-ring (bicyclic) bond motifs is 1. The van der Waals surface area contributed by atoms with Gasteiger partial charge in [0.2, 0.25) is 0 Å². The molecule has 36 heavy (non-hydrogen) atoms. The molecule has 0 amide bonds. The lowest BCUT2D eigenvalue weighted by atomic mass is 9.88. The van der Waals surface area contributed by atoms with Crippen LogP contribution >= 0.6 is 0 Å². The molecule has 0 N–H and O–H groups in total. The van der Waals surface area contributed by atoms with Crippen LogP contribution in [0.2, 0.25) is 0 Å². The average Bonchev–Trinajstić information content (AvgIpc) is 2.93. The Labute approximate surface area is 211 Å². The third-order valence-electron chi connectivity index (χ3n) is 6.58. The fourth-order valence-electron chi connectivity index (χ4n) is 4.73. The van der Waals surface area contributed by atoms with Crippen molar-refractivity contribution in [1.29, 1.82) is 0 Å². The van der Waals surface area contributed by atoms with Crippen molar-refractivity contribution in [2.24, 2.45) is 5.10 Å². The van der Waals surface area contributed by atoms with Gasteiger partial charge in [0.05, 0.1) is 23.7 Å². The maximum atomic E-state index is 13.4. The Morgan fingerprint density at radius 1 is 0.944 bits per heavy atom. The van der Waals surface area contributed by atoms with Crippen LogP contribution in [0.25, 0.3) is 10.9 Å². The van der Waals surface area contributed by atoms with Crippen LogP contribution in [0.1, 0.15) is 61.9 Å². The number of hydrogen-bond donors (Lipinski definition) is 0. The van der Waals surface area contributed by atoms with Gasteiger partial charge >= 0.3 is 0 Å². The highest BCUT2D eigenvalue weighted by Crippen LogP contribution is 2.32. The Bertz CT molecular complexity index is 1410. The number of aromatic nitrogens is 2. The van der Waals surface area contributed by atoms with E-state index in [4.69, 9.17) is 14.5 Å². The first-order valence-electron chi connectivity index (χ1n) is 12.7. The van der Waals surface area contributed by atoms with Crippen LogP contribution in [0.4, 0.5) is 0 Å². The zero-order chi connectivity index (χ0) is 24.7. The molecular weight excluding hydrogens is 450 g/mol. The topological polar surface area (TPSA) is 65.7 Å². The second-order valence-corrected chi connectivity index (χ2v) is 9.10. The number of hydrogen-bond acceptors (Lipinski definition) is 5. The number of nitrogens with zero attached hydrogens (tertiary/aromatic N) is 3. The molecule has 1 aromatic heterocycles. The number of benzene rings is 3. The van der Waals surface area contributed by atoms with Crippen LogP contribution in [0.5, 0.6) is 11.5 Å². The second kappa shape index (κ2) is 11.2. The normalized spacial score (nSPS) is 14.4. The van der Waals surface area contributed by atoms with Gasteiger partial charge in [-0.15, -0.1) is 0 Å². The van der Waals surface area contributed by atoms with E-state index >= 15 is 0 Å². The zero-order valence-corrected chi connectivity index (χ0v) is 20.6. The summed E-state index contributed by atoms with van der Waals surface area (Å²) in [7, 11) is 0. The minimum absolute atomic E-state index is 0.134. The second-order valence-electron chi connectivity index (χ2n) is 9.10. The van der Waals surface area contributed by atoms with Crippen molar-refractivity contribution in [3.8, 4) is 11.5 Å². The van der Waals surface area contributed by atoms with E-state index < -0.39 is 0 Å². The monoisotopic (exact) mass is 481 g/mol. The predicted molar refractivity (Wildman–Crippen MR) is 143 cm³/mol. The summed E-state index contributed by atoms with van der Waals surface area (Å²) >= 11 is 0. The summed E-state index contributed by atoms with van der Waals surface area (Å²) < 4.78 is 13.4. The standard InChI is InChI=1S/C30H31N3O3/c1-2-35-28-19-23(17-18-27(28)36-21-22-11-5-3-6-12-22)20-31-33-29(24-13-7-4-8-14-24)32-26-16-10-9-15-25(26)30(33)34/h3,5-6,9-12,15-20,24H,2,4,7-8,13-14,21H2,1H3. The Hall–Kier alpha value is -3.93. The maximum absolute atomic E-state index is 13.4. The summed E-state index contributed by atoms with van der Waals surface area (Å²) in [6.07, 6.45) is 7.30. The molecule has 0 bridgehead atoms. The van der Waals surface area contributed by atoms with Gasteiger partial charge in [0.25, 0.3) is 5.56 Å². The lowest BCUT2D eigenvalue weighted by Gasteiger charge is -2.22. The first kappa shape index (κ1) is 23.8. The van der Waals surface area contributed by atoms with Crippen molar-refractivity contribution in [2.45, 2.75) is 51.6 Å². The number of para-hydroxylation sites is 1. The third-order valence-corrected chi connectivity index (χ3v) is 6.58. The molecule has 1 heterocycles. The minimum atomic E-state index is -0.134. The summed E-state index contributed by atoms with van der Waals surface area (Å²) in [5.74, 6) is 2.31. The van der Waals surface area contributed by atoms with E-state index in [1.807, 2.05) is 79.7 Å². The molecule has 0 radical (unpaired) electrons. The van der Waals surface area contributed by atoms with Crippen molar-refractivity contribution < 1.29 is 9.47 Å². The van der Waals surface area contributed by atoms with Gasteiger partial charge in [-0.25, -0.2) is 4.98 Å². The highest BCUT2D eigenvalue weighted by Gasteiger charge is 2.22. The van der Waals surface area contributed by atoms with Crippen molar-refractivity contribution in [1.82, 2.24) is 9.66 Å². The Kier molecular flexibility index (Phi) is 7.41. The van der Waals surface area contributed by atoms with E-state index in [0.29, 0.717) is 30.1 Å². The van der Waals surface area contributed by atoms with Gasteiger partial charge in [0.1, 0.15) is 12.4 Å². The fourth-order valence-corrected chi connectivity index (χ4v) is 4.73. The van der Waals surface area contributed by atoms with Crippen molar-refractivity contribution >= 4 is 17.1 Å². The van der Waals surface area contributed by atoms with Crippen molar-refractivity contribution in [2.75, 3.05) is 6.61 Å². The van der Waals surface area contributed by atoms with E-state index in [-0.39, 0.29) is 11.5 Å². The fraction of sp³-hybridized carbons (Fsp3) is 0.300. The molecule has 0 unspecified atom stereocenters. The third kappa shape index (κ3) is 5.33. The summed E-state index contributed by atoms with van der Waals surface area (Å²) in [5.41, 5.74) is 2.50. The lowest BCUT2D eigenvalue weighted by molar-refractivity contribution is 0.269. The molecule has 6 nitrogen and oxygen atoms in total. The maximum Gasteiger partial charge on any atom is 0.282 e.